The van der Waals surface area contributed by atoms with Crippen LogP contribution in [0.15, 0.2) is 22.7 Å². The molecule has 0 heterocycles. The fraction of sp³-hybridized carbons (Fsp3) is 0.455. The van der Waals surface area contributed by atoms with Gasteiger partial charge in [0.05, 0.1) is 12.7 Å². The van der Waals surface area contributed by atoms with Gasteiger partial charge in [-0.2, -0.15) is 0 Å². The Hall–Kier alpha value is -0.130. The topological polar surface area (TPSA) is 41.5 Å². The summed E-state index contributed by atoms with van der Waals surface area (Å²) in [5.74, 6) is 0. The quantitative estimate of drug-likeness (QED) is 0.793. The predicted octanol–water partition coefficient (Wildman–Crippen LogP) is 2.37. The van der Waals surface area contributed by atoms with Crippen molar-refractivity contribution in [3.63, 3.8) is 0 Å². The summed E-state index contributed by atoms with van der Waals surface area (Å²) in [6.07, 6.45) is -0.600. The van der Waals surface area contributed by atoms with Gasteiger partial charge in [-0.05, 0) is 12.1 Å². The Morgan fingerprint density at radius 1 is 1.56 bits per heavy atom. The molecule has 16 heavy (non-hydrogen) atoms. The van der Waals surface area contributed by atoms with Gasteiger partial charge in [-0.25, -0.2) is 0 Å². The number of methoxy groups -OCH3 is 1. The summed E-state index contributed by atoms with van der Waals surface area (Å²) < 4.78 is 5.80. The molecule has 1 rings (SSSR count). The highest BCUT2D eigenvalue weighted by atomic mass is 79.9. The lowest BCUT2D eigenvalue weighted by Gasteiger charge is -2.13. The maximum absolute atomic E-state index is 9.89. The molecular weight excluding hydrogens is 293 g/mol. The molecule has 1 aromatic carbocycles. The Labute approximate surface area is 109 Å². The summed E-state index contributed by atoms with van der Waals surface area (Å²) >= 11 is 9.34. The van der Waals surface area contributed by atoms with Crippen LogP contribution in [-0.2, 0) is 4.74 Å². The Kier molecular flexibility index (Phi) is 6.31. The van der Waals surface area contributed by atoms with Gasteiger partial charge in [-0.3, -0.25) is 0 Å². The number of ether oxygens (including phenoxy) is 1. The van der Waals surface area contributed by atoms with Gasteiger partial charge in [-0.1, -0.05) is 33.6 Å². The molecule has 0 fully saturated rings. The Balaban J connectivity index is 2.49. The van der Waals surface area contributed by atoms with E-state index in [2.05, 4.69) is 21.2 Å². The number of rotatable bonds is 6. The van der Waals surface area contributed by atoms with E-state index in [4.69, 9.17) is 16.3 Å². The second-order valence-corrected chi connectivity index (χ2v) is 4.70. The number of hydrogen-bond donors (Lipinski definition) is 2. The SMILES string of the molecule is COCCNCC(O)c1ccc(Br)cc1Cl. The minimum atomic E-state index is -0.600. The first-order chi connectivity index (χ1) is 7.65. The average molecular weight is 309 g/mol. The molecule has 0 aromatic heterocycles. The molecule has 90 valence electrons. The zero-order chi connectivity index (χ0) is 12.0. The minimum Gasteiger partial charge on any atom is -0.387 e. The molecule has 2 N–H and O–H groups in total. The van der Waals surface area contributed by atoms with Crippen LogP contribution in [0.5, 0.6) is 0 Å². The first-order valence-corrected chi connectivity index (χ1v) is 6.15. The number of halogens is 2. The second-order valence-electron chi connectivity index (χ2n) is 3.38. The van der Waals surface area contributed by atoms with Gasteiger partial charge in [0.1, 0.15) is 0 Å². The van der Waals surface area contributed by atoms with Crippen molar-refractivity contribution < 1.29 is 9.84 Å². The number of hydrogen-bond acceptors (Lipinski definition) is 3. The van der Waals surface area contributed by atoms with Crippen molar-refractivity contribution in [3.05, 3.63) is 33.3 Å². The van der Waals surface area contributed by atoms with Crippen LogP contribution in [0.3, 0.4) is 0 Å². The number of benzene rings is 1. The largest absolute Gasteiger partial charge is 0.387 e. The number of nitrogens with one attached hydrogen (secondary N) is 1. The van der Waals surface area contributed by atoms with Crippen LogP contribution >= 0.6 is 27.5 Å². The Bertz CT molecular complexity index is 336. The Morgan fingerprint density at radius 3 is 2.94 bits per heavy atom. The van der Waals surface area contributed by atoms with E-state index in [-0.39, 0.29) is 0 Å². The van der Waals surface area contributed by atoms with E-state index < -0.39 is 6.10 Å². The van der Waals surface area contributed by atoms with Crippen molar-refractivity contribution in [2.75, 3.05) is 26.8 Å². The second kappa shape index (κ2) is 7.25. The summed E-state index contributed by atoms with van der Waals surface area (Å²) in [4.78, 5) is 0. The van der Waals surface area contributed by atoms with Crippen LogP contribution < -0.4 is 5.32 Å². The van der Waals surface area contributed by atoms with Crippen molar-refractivity contribution in [2.45, 2.75) is 6.10 Å². The smallest absolute Gasteiger partial charge is 0.0928 e. The van der Waals surface area contributed by atoms with Crippen LogP contribution in [0.2, 0.25) is 5.02 Å². The summed E-state index contributed by atoms with van der Waals surface area (Å²) in [5, 5.41) is 13.5. The van der Waals surface area contributed by atoms with Crippen LogP contribution in [0.25, 0.3) is 0 Å². The van der Waals surface area contributed by atoms with Gasteiger partial charge in [0.15, 0.2) is 0 Å². The summed E-state index contributed by atoms with van der Waals surface area (Å²) in [6, 6.07) is 5.45. The molecule has 3 nitrogen and oxygen atoms in total. The lowest BCUT2D eigenvalue weighted by atomic mass is 10.1. The molecule has 0 aliphatic heterocycles. The van der Waals surface area contributed by atoms with Crippen molar-refractivity contribution in [1.82, 2.24) is 5.32 Å². The molecule has 0 amide bonds. The molecular formula is C11H15BrClNO2. The maximum atomic E-state index is 9.89. The minimum absolute atomic E-state index is 0.463. The normalized spacial score (nSPS) is 12.8. The third-order valence-corrected chi connectivity index (χ3v) is 2.96. The van der Waals surface area contributed by atoms with Crippen LogP contribution in [0.1, 0.15) is 11.7 Å². The number of aliphatic hydroxyl groups excluding tert-OH is 1. The monoisotopic (exact) mass is 307 g/mol. The van der Waals surface area contributed by atoms with Crippen molar-refractivity contribution >= 4 is 27.5 Å². The highest BCUT2D eigenvalue weighted by Crippen LogP contribution is 2.26. The average Bonchev–Trinajstić information content (AvgIpc) is 2.24. The van der Waals surface area contributed by atoms with E-state index in [1.807, 2.05) is 12.1 Å². The molecule has 0 saturated carbocycles. The molecule has 0 bridgehead atoms. The van der Waals surface area contributed by atoms with Gasteiger partial charge in [-0.15, -0.1) is 0 Å². The molecule has 0 saturated heterocycles. The summed E-state index contributed by atoms with van der Waals surface area (Å²) in [6.45, 7) is 1.80. The lowest BCUT2D eigenvalue weighted by Crippen LogP contribution is -2.25. The fourth-order valence-corrected chi connectivity index (χ4v) is 2.09. The fourth-order valence-electron chi connectivity index (χ4n) is 1.29. The molecule has 1 aromatic rings. The van der Waals surface area contributed by atoms with Gasteiger partial charge in [0.2, 0.25) is 0 Å². The summed E-state index contributed by atoms with van der Waals surface area (Å²) in [7, 11) is 1.64. The van der Waals surface area contributed by atoms with Crippen LogP contribution in [0, 0.1) is 0 Å². The van der Waals surface area contributed by atoms with Crippen molar-refractivity contribution in [3.8, 4) is 0 Å². The molecule has 5 heteroatoms. The van der Waals surface area contributed by atoms with E-state index >= 15 is 0 Å². The molecule has 0 radical (unpaired) electrons. The van der Waals surface area contributed by atoms with E-state index in [0.29, 0.717) is 24.7 Å². The zero-order valence-corrected chi connectivity index (χ0v) is 11.4. The Morgan fingerprint density at radius 2 is 2.31 bits per heavy atom. The molecule has 0 aliphatic carbocycles. The van der Waals surface area contributed by atoms with Crippen molar-refractivity contribution in [2.24, 2.45) is 0 Å². The first kappa shape index (κ1) is 13.9. The molecule has 0 spiro atoms. The molecule has 0 aliphatic rings. The van der Waals surface area contributed by atoms with Crippen molar-refractivity contribution in [1.29, 1.82) is 0 Å². The maximum Gasteiger partial charge on any atom is 0.0928 e. The van der Waals surface area contributed by atoms with E-state index in [0.717, 1.165) is 10.0 Å². The highest BCUT2D eigenvalue weighted by Gasteiger charge is 2.10. The third kappa shape index (κ3) is 4.39. The first-order valence-electron chi connectivity index (χ1n) is 4.98. The number of aliphatic hydroxyl groups is 1. The highest BCUT2D eigenvalue weighted by molar-refractivity contribution is 9.10. The standard InChI is InChI=1S/C11H15BrClNO2/c1-16-5-4-14-7-11(15)9-3-2-8(12)6-10(9)13/h2-3,6,11,14-15H,4-5,7H2,1H3. The summed E-state index contributed by atoms with van der Waals surface area (Å²) in [5.41, 5.74) is 0.731. The lowest BCUT2D eigenvalue weighted by molar-refractivity contribution is 0.161. The zero-order valence-electron chi connectivity index (χ0n) is 9.04. The van der Waals surface area contributed by atoms with E-state index in [1.54, 1.807) is 13.2 Å². The van der Waals surface area contributed by atoms with Crippen LogP contribution in [-0.4, -0.2) is 31.9 Å². The van der Waals surface area contributed by atoms with E-state index in [1.165, 1.54) is 0 Å². The predicted molar refractivity (Wildman–Crippen MR) is 68.9 cm³/mol. The van der Waals surface area contributed by atoms with Gasteiger partial charge in [0.25, 0.3) is 0 Å². The third-order valence-electron chi connectivity index (χ3n) is 2.14. The molecule has 1 unspecified atom stereocenters. The van der Waals surface area contributed by atoms with Gasteiger partial charge in [0, 0.05) is 35.3 Å². The molecule has 1 atom stereocenters. The van der Waals surface area contributed by atoms with E-state index in [9.17, 15) is 5.11 Å². The van der Waals surface area contributed by atoms with Gasteiger partial charge >= 0.3 is 0 Å². The van der Waals surface area contributed by atoms with Crippen LogP contribution in [0.4, 0.5) is 0 Å². The van der Waals surface area contributed by atoms with Gasteiger partial charge < -0.3 is 15.2 Å².